The van der Waals surface area contributed by atoms with Gasteiger partial charge in [-0.15, -0.1) is 0 Å². The van der Waals surface area contributed by atoms with Gasteiger partial charge in [0, 0.05) is 32.1 Å². The minimum absolute atomic E-state index is 0.423. The zero-order chi connectivity index (χ0) is 15.4. The molecule has 22 heavy (non-hydrogen) atoms. The number of rotatable bonds is 6. The van der Waals surface area contributed by atoms with Crippen molar-refractivity contribution in [3.63, 3.8) is 0 Å². The van der Waals surface area contributed by atoms with E-state index in [1.807, 2.05) is 13.0 Å². The molecule has 0 spiro atoms. The summed E-state index contributed by atoms with van der Waals surface area (Å²) >= 11 is 0. The van der Waals surface area contributed by atoms with E-state index in [9.17, 15) is 0 Å². The molecule has 1 aromatic rings. The predicted molar refractivity (Wildman–Crippen MR) is 86.1 cm³/mol. The second-order valence-electron chi connectivity index (χ2n) is 6.48. The van der Waals surface area contributed by atoms with E-state index >= 15 is 0 Å². The Morgan fingerprint density at radius 1 is 1.27 bits per heavy atom. The Labute approximate surface area is 132 Å². The fourth-order valence-corrected chi connectivity index (χ4v) is 3.22. The van der Waals surface area contributed by atoms with Crippen molar-refractivity contribution >= 4 is 11.6 Å². The Balaban J connectivity index is 1.51. The Bertz CT molecular complexity index is 485. The van der Waals surface area contributed by atoms with Gasteiger partial charge in [-0.1, -0.05) is 6.92 Å². The third kappa shape index (κ3) is 3.87. The molecule has 0 saturated carbocycles. The number of hydrogen-bond acceptors (Lipinski definition) is 6. The van der Waals surface area contributed by atoms with Gasteiger partial charge in [0.1, 0.15) is 18.0 Å². The first-order chi connectivity index (χ1) is 10.6. The lowest BCUT2D eigenvalue weighted by Crippen LogP contribution is -2.30. The molecule has 2 saturated heterocycles. The molecule has 3 rings (SSSR count). The maximum Gasteiger partial charge on any atom is 0.166 e. The zero-order valence-corrected chi connectivity index (χ0v) is 13.5. The van der Waals surface area contributed by atoms with Gasteiger partial charge in [-0.05, 0) is 25.7 Å². The summed E-state index contributed by atoms with van der Waals surface area (Å²) in [6.07, 6.45) is 5.03. The lowest BCUT2D eigenvalue weighted by molar-refractivity contribution is -0.153. The second kappa shape index (κ2) is 6.79. The number of ether oxygens (including phenoxy) is 2. The van der Waals surface area contributed by atoms with E-state index in [1.165, 1.54) is 12.8 Å². The topological polar surface area (TPSA) is 59.5 Å². The number of aromatic nitrogens is 2. The van der Waals surface area contributed by atoms with Gasteiger partial charge in [-0.3, -0.25) is 0 Å². The Kier molecular flexibility index (Phi) is 4.78. The average molecular weight is 306 g/mol. The van der Waals surface area contributed by atoms with Gasteiger partial charge >= 0.3 is 0 Å². The fourth-order valence-electron chi connectivity index (χ4n) is 3.22. The molecule has 0 radical (unpaired) electrons. The van der Waals surface area contributed by atoms with Crippen LogP contribution in [-0.2, 0) is 9.47 Å². The molecule has 2 aliphatic heterocycles. The van der Waals surface area contributed by atoms with Gasteiger partial charge in [0.25, 0.3) is 0 Å². The van der Waals surface area contributed by atoms with Gasteiger partial charge < -0.3 is 19.7 Å². The molecule has 3 heterocycles. The molecule has 0 aliphatic carbocycles. The fraction of sp³-hybridized carbons (Fsp3) is 0.750. The summed E-state index contributed by atoms with van der Waals surface area (Å²) in [5.41, 5.74) is 0. The smallest absolute Gasteiger partial charge is 0.166 e. The van der Waals surface area contributed by atoms with Crippen LogP contribution < -0.4 is 10.2 Å². The second-order valence-corrected chi connectivity index (χ2v) is 6.48. The summed E-state index contributed by atoms with van der Waals surface area (Å²) in [4.78, 5) is 11.0. The van der Waals surface area contributed by atoms with Gasteiger partial charge in [-0.2, -0.15) is 0 Å². The van der Waals surface area contributed by atoms with Gasteiger partial charge in [0.05, 0.1) is 13.2 Å². The van der Waals surface area contributed by atoms with Crippen molar-refractivity contribution in [1.82, 2.24) is 9.97 Å². The largest absolute Gasteiger partial charge is 0.370 e. The van der Waals surface area contributed by atoms with Crippen LogP contribution in [0.25, 0.3) is 0 Å². The van der Waals surface area contributed by atoms with Crippen LogP contribution in [0.5, 0.6) is 0 Å². The molecule has 0 bridgehead atoms. The number of nitrogens with one attached hydrogen (secondary N) is 1. The molecule has 2 fully saturated rings. The van der Waals surface area contributed by atoms with Crippen LogP contribution in [0.2, 0.25) is 0 Å². The molecule has 0 aromatic carbocycles. The minimum Gasteiger partial charge on any atom is -0.370 e. The van der Waals surface area contributed by atoms with E-state index in [0.29, 0.717) is 19.1 Å². The molecular weight excluding hydrogens is 280 g/mol. The first-order valence-electron chi connectivity index (χ1n) is 8.23. The summed E-state index contributed by atoms with van der Waals surface area (Å²) in [5.74, 6) is 1.93. The van der Waals surface area contributed by atoms with Crippen LogP contribution in [0, 0.1) is 5.92 Å². The maximum atomic E-state index is 5.67. The first kappa shape index (κ1) is 15.5. The van der Waals surface area contributed by atoms with Gasteiger partial charge in [-0.25, -0.2) is 9.97 Å². The van der Waals surface area contributed by atoms with Crippen LogP contribution in [-0.4, -0.2) is 48.6 Å². The summed E-state index contributed by atoms with van der Waals surface area (Å²) in [7, 11) is 0. The molecule has 1 N–H and O–H groups in total. The van der Waals surface area contributed by atoms with Crippen LogP contribution in [0.4, 0.5) is 11.6 Å². The van der Waals surface area contributed by atoms with E-state index in [0.717, 1.165) is 37.7 Å². The molecule has 0 amide bonds. The SMILES string of the molecule is CC(CNc1cc(N2CCCC2)ncn1)CC1(C)OCCO1. The first-order valence-corrected chi connectivity index (χ1v) is 8.23. The maximum absolute atomic E-state index is 5.67. The third-order valence-corrected chi connectivity index (χ3v) is 4.33. The predicted octanol–water partition coefficient (Wildman–Crippen LogP) is 2.28. The average Bonchev–Trinajstić information content (AvgIpc) is 3.17. The van der Waals surface area contributed by atoms with Gasteiger partial charge in [0.15, 0.2) is 5.79 Å². The van der Waals surface area contributed by atoms with Crippen molar-refractivity contribution in [2.24, 2.45) is 5.92 Å². The Hall–Kier alpha value is -1.40. The monoisotopic (exact) mass is 306 g/mol. The highest BCUT2D eigenvalue weighted by atomic mass is 16.7. The molecule has 6 heteroatoms. The van der Waals surface area contributed by atoms with E-state index in [-0.39, 0.29) is 0 Å². The molecular formula is C16H26N4O2. The lowest BCUT2D eigenvalue weighted by Gasteiger charge is -2.26. The van der Waals surface area contributed by atoms with Crippen molar-refractivity contribution in [2.45, 2.75) is 38.9 Å². The Morgan fingerprint density at radius 2 is 2.00 bits per heavy atom. The highest BCUT2D eigenvalue weighted by Crippen LogP contribution is 2.27. The van der Waals surface area contributed by atoms with E-state index in [2.05, 4.69) is 27.1 Å². The van der Waals surface area contributed by atoms with Crippen LogP contribution in [0.3, 0.4) is 0 Å². The van der Waals surface area contributed by atoms with Crippen LogP contribution >= 0.6 is 0 Å². The standard InChI is InChI=1S/C16H26N4O2/c1-13(10-16(2)21-7-8-22-16)11-17-14-9-15(19-12-18-14)20-5-3-4-6-20/h9,12-13H,3-8,10-11H2,1-2H3,(H,17,18,19). The number of nitrogens with zero attached hydrogens (tertiary/aromatic N) is 3. The highest BCUT2D eigenvalue weighted by molar-refractivity contribution is 5.48. The lowest BCUT2D eigenvalue weighted by atomic mass is 10.0. The summed E-state index contributed by atoms with van der Waals surface area (Å²) in [5, 5.41) is 3.41. The highest BCUT2D eigenvalue weighted by Gasteiger charge is 2.32. The quantitative estimate of drug-likeness (QED) is 0.870. The van der Waals surface area contributed by atoms with Crippen LogP contribution in [0.1, 0.15) is 33.1 Å². The van der Waals surface area contributed by atoms with Crippen LogP contribution in [0.15, 0.2) is 12.4 Å². The number of anilines is 2. The van der Waals surface area contributed by atoms with Crippen molar-refractivity contribution in [3.8, 4) is 0 Å². The molecule has 2 aliphatic rings. The number of hydrogen-bond donors (Lipinski definition) is 1. The van der Waals surface area contributed by atoms with Gasteiger partial charge in [0.2, 0.25) is 0 Å². The van der Waals surface area contributed by atoms with Crippen molar-refractivity contribution in [3.05, 3.63) is 12.4 Å². The summed E-state index contributed by atoms with van der Waals surface area (Å²) in [6, 6.07) is 2.04. The normalized spacial score (nSPS) is 22.0. The molecule has 1 atom stereocenters. The summed E-state index contributed by atoms with van der Waals surface area (Å²) in [6.45, 7) is 8.65. The zero-order valence-electron chi connectivity index (χ0n) is 13.5. The molecule has 1 unspecified atom stereocenters. The summed E-state index contributed by atoms with van der Waals surface area (Å²) < 4.78 is 11.3. The molecule has 1 aromatic heterocycles. The minimum atomic E-state index is -0.423. The van der Waals surface area contributed by atoms with Crippen molar-refractivity contribution in [2.75, 3.05) is 43.1 Å². The van der Waals surface area contributed by atoms with E-state index < -0.39 is 5.79 Å². The molecule has 122 valence electrons. The Morgan fingerprint density at radius 3 is 2.73 bits per heavy atom. The molecule has 6 nitrogen and oxygen atoms in total. The van der Waals surface area contributed by atoms with E-state index in [4.69, 9.17) is 9.47 Å². The van der Waals surface area contributed by atoms with Crippen molar-refractivity contribution < 1.29 is 9.47 Å². The van der Waals surface area contributed by atoms with E-state index in [1.54, 1.807) is 6.33 Å². The van der Waals surface area contributed by atoms with Crippen molar-refractivity contribution in [1.29, 1.82) is 0 Å². The third-order valence-electron chi connectivity index (χ3n) is 4.33.